The van der Waals surface area contributed by atoms with Gasteiger partial charge in [-0.25, -0.2) is 8.78 Å². The minimum atomic E-state index is -0.371. The van der Waals surface area contributed by atoms with Gasteiger partial charge in [0.1, 0.15) is 11.3 Å². The Balaban J connectivity index is 1.21. The molecule has 0 saturated heterocycles. The lowest BCUT2D eigenvalue weighted by atomic mass is 9.76. The Hall–Kier alpha value is -3.02. The number of nitrogens with zero attached hydrogens (tertiary/aromatic N) is 2. The summed E-state index contributed by atoms with van der Waals surface area (Å²) >= 11 is 0. The van der Waals surface area contributed by atoms with Crippen molar-refractivity contribution >= 4 is 28.0 Å². The topological polar surface area (TPSA) is 51.0 Å². The maximum absolute atomic E-state index is 13.8. The second-order valence-corrected chi connectivity index (χ2v) is 8.67. The molecule has 0 bridgehead atoms. The van der Waals surface area contributed by atoms with Gasteiger partial charge in [0, 0.05) is 17.6 Å². The molecule has 1 atom stereocenters. The number of aromatic nitrogens is 2. The maximum atomic E-state index is 13.8. The SMILES string of the molecule is CC(CC1CCC(c2ccnc3ccc(F)cc23)CC1)Nc1nc2c(F)cccc2o1. The van der Waals surface area contributed by atoms with Crippen LogP contribution in [0.25, 0.3) is 22.0 Å². The van der Waals surface area contributed by atoms with Crippen LogP contribution in [0.3, 0.4) is 0 Å². The Bertz CT molecular complexity index is 1210. The average molecular weight is 421 g/mol. The molecular formula is C25H25F2N3O. The third kappa shape index (κ3) is 4.11. The lowest BCUT2D eigenvalue weighted by molar-refractivity contribution is 0.301. The van der Waals surface area contributed by atoms with E-state index in [1.165, 1.54) is 17.7 Å². The number of halogens is 2. The summed E-state index contributed by atoms with van der Waals surface area (Å²) in [4.78, 5) is 8.62. The first-order valence-corrected chi connectivity index (χ1v) is 10.9. The van der Waals surface area contributed by atoms with Crippen molar-refractivity contribution in [2.24, 2.45) is 5.92 Å². The summed E-state index contributed by atoms with van der Waals surface area (Å²) in [6, 6.07) is 12.1. The Morgan fingerprint density at radius 1 is 1.10 bits per heavy atom. The Labute approximate surface area is 179 Å². The molecule has 5 rings (SSSR count). The van der Waals surface area contributed by atoms with Crippen LogP contribution in [0.2, 0.25) is 0 Å². The number of hydrogen-bond acceptors (Lipinski definition) is 4. The molecule has 0 amide bonds. The number of oxazole rings is 1. The van der Waals surface area contributed by atoms with Gasteiger partial charge >= 0.3 is 0 Å². The second-order valence-electron chi connectivity index (χ2n) is 8.67. The first kappa shape index (κ1) is 19.9. The lowest BCUT2D eigenvalue weighted by Crippen LogP contribution is -2.23. The van der Waals surface area contributed by atoms with Crippen LogP contribution < -0.4 is 5.32 Å². The van der Waals surface area contributed by atoms with Crippen LogP contribution in [0.15, 0.2) is 53.1 Å². The standard InChI is InChI=1S/C25H25F2N3O/c1-15(29-25-30-24-21(27)3-2-4-23(24)31-25)13-16-5-7-17(8-6-16)19-11-12-28-22-10-9-18(26)14-20(19)22/h2-4,9-12,14-17H,5-8,13H2,1H3,(H,29,30). The Morgan fingerprint density at radius 3 is 2.74 bits per heavy atom. The summed E-state index contributed by atoms with van der Waals surface area (Å²) in [5.41, 5.74) is 2.78. The molecule has 6 heteroatoms. The van der Waals surface area contributed by atoms with Gasteiger partial charge in [-0.2, -0.15) is 4.98 Å². The van der Waals surface area contributed by atoms with Crippen LogP contribution in [0.5, 0.6) is 0 Å². The third-order valence-electron chi connectivity index (χ3n) is 6.45. The number of para-hydroxylation sites is 1. The van der Waals surface area contributed by atoms with Crippen molar-refractivity contribution in [1.82, 2.24) is 9.97 Å². The van der Waals surface area contributed by atoms with Crippen LogP contribution in [-0.4, -0.2) is 16.0 Å². The summed E-state index contributed by atoms with van der Waals surface area (Å²) in [6.45, 7) is 2.11. The number of anilines is 1. The van der Waals surface area contributed by atoms with Crippen LogP contribution >= 0.6 is 0 Å². The van der Waals surface area contributed by atoms with Gasteiger partial charge < -0.3 is 9.73 Å². The number of rotatable bonds is 5. The zero-order valence-electron chi connectivity index (χ0n) is 17.4. The molecule has 2 aromatic carbocycles. The van der Waals surface area contributed by atoms with Crippen LogP contribution in [0.4, 0.5) is 14.8 Å². The number of pyridine rings is 1. The van der Waals surface area contributed by atoms with Gasteiger partial charge in [0.05, 0.1) is 5.52 Å². The largest absolute Gasteiger partial charge is 0.423 e. The van der Waals surface area contributed by atoms with Gasteiger partial charge in [0.15, 0.2) is 11.4 Å². The number of hydrogen-bond donors (Lipinski definition) is 1. The van der Waals surface area contributed by atoms with E-state index in [1.807, 2.05) is 12.3 Å². The van der Waals surface area contributed by atoms with E-state index in [-0.39, 0.29) is 23.2 Å². The minimum absolute atomic E-state index is 0.175. The Kier molecular flexibility index (Phi) is 5.30. The first-order chi connectivity index (χ1) is 15.1. The van der Waals surface area contributed by atoms with Crippen molar-refractivity contribution in [3.8, 4) is 0 Å². The molecule has 31 heavy (non-hydrogen) atoms. The maximum Gasteiger partial charge on any atom is 0.295 e. The fraction of sp³-hybridized carbons (Fsp3) is 0.360. The van der Waals surface area contributed by atoms with E-state index in [1.54, 1.807) is 24.3 Å². The van der Waals surface area contributed by atoms with Gasteiger partial charge in [-0.3, -0.25) is 4.98 Å². The van der Waals surface area contributed by atoms with Crippen molar-refractivity contribution in [2.75, 3.05) is 5.32 Å². The zero-order valence-corrected chi connectivity index (χ0v) is 17.4. The normalized spacial score (nSPS) is 20.2. The molecule has 1 fully saturated rings. The molecular weight excluding hydrogens is 396 g/mol. The Morgan fingerprint density at radius 2 is 1.94 bits per heavy atom. The fourth-order valence-corrected chi connectivity index (χ4v) is 4.95. The second kappa shape index (κ2) is 8.25. The highest BCUT2D eigenvalue weighted by molar-refractivity contribution is 5.82. The summed E-state index contributed by atoms with van der Waals surface area (Å²) in [6.07, 6.45) is 7.24. The molecule has 4 nitrogen and oxygen atoms in total. The van der Waals surface area contributed by atoms with E-state index in [0.717, 1.165) is 43.0 Å². The van der Waals surface area contributed by atoms with Gasteiger partial charge in [-0.05, 0) is 92.8 Å². The molecule has 2 aromatic heterocycles. The van der Waals surface area contributed by atoms with Crippen LogP contribution in [-0.2, 0) is 0 Å². The molecule has 1 aliphatic rings. The minimum Gasteiger partial charge on any atom is -0.423 e. The van der Waals surface area contributed by atoms with Crippen molar-refractivity contribution in [2.45, 2.75) is 51.0 Å². The van der Waals surface area contributed by atoms with E-state index in [9.17, 15) is 8.78 Å². The van der Waals surface area contributed by atoms with Crippen molar-refractivity contribution < 1.29 is 13.2 Å². The average Bonchev–Trinajstić information content (AvgIpc) is 3.17. The number of benzene rings is 2. The predicted molar refractivity (Wildman–Crippen MR) is 118 cm³/mol. The van der Waals surface area contributed by atoms with Crippen molar-refractivity contribution in [3.63, 3.8) is 0 Å². The lowest BCUT2D eigenvalue weighted by Gasteiger charge is -2.31. The predicted octanol–water partition coefficient (Wildman–Crippen LogP) is 6.82. The third-order valence-corrected chi connectivity index (χ3v) is 6.45. The summed E-state index contributed by atoms with van der Waals surface area (Å²) in [5.74, 6) is 0.453. The summed E-state index contributed by atoms with van der Waals surface area (Å²) in [7, 11) is 0. The van der Waals surface area contributed by atoms with Crippen LogP contribution in [0.1, 0.15) is 50.5 Å². The van der Waals surface area contributed by atoms with E-state index in [0.29, 0.717) is 23.4 Å². The number of fused-ring (bicyclic) bond motifs is 2. The van der Waals surface area contributed by atoms with E-state index < -0.39 is 0 Å². The monoisotopic (exact) mass is 421 g/mol. The summed E-state index contributed by atoms with van der Waals surface area (Å²) in [5, 5.41) is 4.22. The first-order valence-electron chi connectivity index (χ1n) is 10.9. The smallest absolute Gasteiger partial charge is 0.295 e. The van der Waals surface area contributed by atoms with Gasteiger partial charge in [0.25, 0.3) is 6.01 Å². The fourth-order valence-electron chi connectivity index (χ4n) is 4.95. The zero-order chi connectivity index (χ0) is 21.4. The van der Waals surface area contributed by atoms with Gasteiger partial charge in [-0.1, -0.05) is 6.07 Å². The van der Waals surface area contributed by atoms with Crippen LogP contribution in [0, 0.1) is 17.6 Å². The van der Waals surface area contributed by atoms with Crippen molar-refractivity contribution in [1.29, 1.82) is 0 Å². The molecule has 0 aliphatic heterocycles. The molecule has 1 unspecified atom stereocenters. The van der Waals surface area contributed by atoms with Gasteiger partial charge in [-0.15, -0.1) is 0 Å². The molecule has 0 radical (unpaired) electrons. The molecule has 0 spiro atoms. The van der Waals surface area contributed by atoms with Gasteiger partial charge in [0.2, 0.25) is 0 Å². The summed E-state index contributed by atoms with van der Waals surface area (Å²) < 4.78 is 33.3. The quantitative estimate of drug-likeness (QED) is 0.384. The molecule has 2 heterocycles. The highest BCUT2D eigenvalue weighted by Crippen LogP contribution is 2.40. The molecule has 160 valence electrons. The van der Waals surface area contributed by atoms with E-state index in [2.05, 4.69) is 22.2 Å². The highest BCUT2D eigenvalue weighted by Gasteiger charge is 2.25. The highest BCUT2D eigenvalue weighted by atomic mass is 19.1. The van der Waals surface area contributed by atoms with Crippen molar-refractivity contribution in [3.05, 3.63) is 65.9 Å². The number of nitrogens with one attached hydrogen (secondary N) is 1. The molecule has 1 saturated carbocycles. The molecule has 4 aromatic rings. The molecule has 1 N–H and O–H groups in total. The van der Waals surface area contributed by atoms with E-state index >= 15 is 0 Å². The molecule has 1 aliphatic carbocycles. The van der Waals surface area contributed by atoms with E-state index in [4.69, 9.17) is 4.42 Å².